The summed E-state index contributed by atoms with van der Waals surface area (Å²) < 4.78 is 27.4. The monoisotopic (exact) mass is 617 g/mol. The first-order valence-corrected chi connectivity index (χ1v) is 17.4. The number of rotatable bonds is 11. The van der Waals surface area contributed by atoms with Crippen molar-refractivity contribution in [3.05, 3.63) is 101 Å². The quantitative estimate of drug-likeness (QED) is 0.280. The zero-order chi connectivity index (χ0) is 31.9. The van der Waals surface area contributed by atoms with Crippen LogP contribution < -0.4 is 9.62 Å². The van der Waals surface area contributed by atoms with Gasteiger partial charge in [-0.2, -0.15) is 0 Å². The summed E-state index contributed by atoms with van der Waals surface area (Å²) in [6.45, 7) is 8.02. The number of amides is 2. The molecule has 236 valence electrons. The maximum atomic E-state index is 14.4. The number of nitrogens with zero attached hydrogens (tertiary/aromatic N) is 2. The van der Waals surface area contributed by atoms with Gasteiger partial charge in [-0.1, -0.05) is 112 Å². The van der Waals surface area contributed by atoms with E-state index in [1.54, 1.807) is 17.0 Å². The molecule has 1 aliphatic rings. The minimum absolute atomic E-state index is 0.0688. The number of carbonyl (C=O) groups excluding carboxylic acids is 2. The molecule has 3 aromatic carbocycles. The highest BCUT2D eigenvalue weighted by Gasteiger charge is 2.34. The molecule has 1 atom stereocenters. The van der Waals surface area contributed by atoms with Crippen molar-refractivity contribution < 1.29 is 18.0 Å². The highest BCUT2D eigenvalue weighted by molar-refractivity contribution is 7.92. The molecule has 44 heavy (non-hydrogen) atoms. The van der Waals surface area contributed by atoms with Gasteiger partial charge in [0.1, 0.15) is 12.6 Å². The van der Waals surface area contributed by atoms with Crippen molar-refractivity contribution in [2.24, 2.45) is 0 Å². The Kier molecular flexibility index (Phi) is 10.9. The molecule has 1 unspecified atom stereocenters. The normalized spacial score (nSPS) is 14.9. The first-order valence-electron chi connectivity index (χ1n) is 15.6. The van der Waals surface area contributed by atoms with E-state index in [2.05, 4.69) is 26.1 Å². The molecule has 0 radical (unpaired) electrons. The smallest absolute Gasteiger partial charge is 0.244 e. The van der Waals surface area contributed by atoms with Gasteiger partial charge in [0.25, 0.3) is 0 Å². The van der Waals surface area contributed by atoms with Gasteiger partial charge in [-0.15, -0.1) is 0 Å². The Balaban J connectivity index is 1.72. The molecular weight excluding hydrogens is 570 g/mol. The van der Waals surface area contributed by atoms with E-state index in [9.17, 15) is 18.0 Å². The molecule has 1 aliphatic carbocycles. The Morgan fingerprint density at radius 2 is 1.52 bits per heavy atom. The van der Waals surface area contributed by atoms with Gasteiger partial charge < -0.3 is 10.2 Å². The molecular formula is C36H47N3O4S. The summed E-state index contributed by atoms with van der Waals surface area (Å²) in [5, 5.41) is 3.24. The molecule has 3 aromatic rings. The minimum Gasteiger partial charge on any atom is -0.352 e. The number of hydrogen-bond donors (Lipinski definition) is 1. The second-order valence-electron chi connectivity index (χ2n) is 13.1. The van der Waals surface area contributed by atoms with Crippen LogP contribution in [0.15, 0.2) is 78.9 Å². The Labute approximate surface area is 263 Å². The summed E-state index contributed by atoms with van der Waals surface area (Å²) >= 11 is 0. The highest BCUT2D eigenvalue weighted by atomic mass is 32.2. The third-order valence-electron chi connectivity index (χ3n) is 8.36. The standard InChI is InChI=1S/C36H47N3O4S/c1-27-13-12-16-29(23-27)25-38(33(24-28-14-8-6-9-15-28)35(41)37-31-17-10-7-11-18-31)34(40)26-39(44(5,42)43)32-21-19-30(20-22-32)36(2,3)4/h6,8-9,12-16,19-23,31,33H,7,10-11,17-18,24-26H2,1-5H3,(H,37,41). The van der Waals surface area contributed by atoms with E-state index >= 15 is 0 Å². The number of hydrogen-bond acceptors (Lipinski definition) is 4. The van der Waals surface area contributed by atoms with Crippen molar-refractivity contribution in [2.75, 3.05) is 17.1 Å². The fraction of sp³-hybridized carbons (Fsp3) is 0.444. The number of carbonyl (C=O) groups is 2. The van der Waals surface area contributed by atoms with Gasteiger partial charge in [0.2, 0.25) is 21.8 Å². The first-order chi connectivity index (χ1) is 20.8. The lowest BCUT2D eigenvalue weighted by atomic mass is 9.87. The largest absolute Gasteiger partial charge is 0.352 e. The summed E-state index contributed by atoms with van der Waals surface area (Å²) in [6, 6.07) is 24.1. The lowest BCUT2D eigenvalue weighted by molar-refractivity contribution is -0.140. The van der Waals surface area contributed by atoms with Gasteiger partial charge >= 0.3 is 0 Å². The molecule has 1 saturated carbocycles. The van der Waals surface area contributed by atoms with E-state index in [0.717, 1.165) is 64.9 Å². The van der Waals surface area contributed by atoms with Crippen molar-refractivity contribution in [3.8, 4) is 0 Å². The molecule has 0 bridgehead atoms. The third-order valence-corrected chi connectivity index (χ3v) is 9.50. The van der Waals surface area contributed by atoms with Crippen LogP contribution in [0.4, 0.5) is 5.69 Å². The van der Waals surface area contributed by atoms with Gasteiger partial charge in [-0.25, -0.2) is 8.42 Å². The summed E-state index contributed by atoms with van der Waals surface area (Å²) in [7, 11) is -3.82. The van der Waals surface area contributed by atoms with Gasteiger partial charge in [0, 0.05) is 19.0 Å². The topological polar surface area (TPSA) is 86.8 Å². The van der Waals surface area contributed by atoms with Crippen LogP contribution in [0, 0.1) is 6.92 Å². The Hall–Kier alpha value is -3.65. The van der Waals surface area contributed by atoms with Gasteiger partial charge in [-0.05, 0) is 54.0 Å². The molecule has 4 rings (SSSR count). The maximum absolute atomic E-state index is 14.4. The van der Waals surface area contributed by atoms with E-state index in [1.807, 2.05) is 73.7 Å². The van der Waals surface area contributed by atoms with Crippen LogP contribution in [-0.2, 0) is 38.0 Å². The van der Waals surface area contributed by atoms with Crippen molar-refractivity contribution >= 4 is 27.5 Å². The SMILES string of the molecule is Cc1cccc(CN(C(=O)CN(c2ccc(C(C)(C)C)cc2)S(C)(=O)=O)C(Cc2ccccc2)C(=O)NC2CCCCC2)c1. The average molecular weight is 618 g/mol. The van der Waals surface area contributed by atoms with E-state index < -0.39 is 28.5 Å². The zero-order valence-electron chi connectivity index (χ0n) is 26.8. The summed E-state index contributed by atoms with van der Waals surface area (Å²) in [5.74, 6) is -0.640. The molecule has 0 aliphatic heterocycles. The van der Waals surface area contributed by atoms with Gasteiger partial charge in [0.05, 0.1) is 11.9 Å². The number of benzene rings is 3. The molecule has 7 nitrogen and oxygen atoms in total. The summed E-state index contributed by atoms with van der Waals surface area (Å²) in [4.78, 5) is 30.0. The number of nitrogens with one attached hydrogen (secondary N) is 1. The van der Waals surface area contributed by atoms with Crippen LogP contribution >= 0.6 is 0 Å². The van der Waals surface area contributed by atoms with Crippen LogP contribution in [0.3, 0.4) is 0 Å². The zero-order valence-corrected chi connectivity index (χ0v) is 27.6. The van der Waals surface area contributed by atoms with Crippen LogP contribution in [0.5, 0.6) is 0 Å². The van der Waals surface area contributed by atoms with E-state index in [4.69, 9.17) is 0 Å². The second-order valence-corrected chi connectivity index (χ2v) is 15.0. The second kappa shape index (κ2) is 14.4. The van der Waals surface area contributed by atoms with E-state index in [-0.39, 0.29) is 23.9 Å². The molecule has 2 amide bonds. The van der Waals surface area contributed by atoms with Gasteiger partial charge in [-0.3, -0.25) is 13.9 Å². The number of aryl methyl sites for hydroxylation is 1. The van der Waals surface area contributed by atoms with Crippen molar-refractivity contribution in [1.29, 1.82) is 0 Å². The fourth-order valence-electron chi connectivity index (χ4n) is 5.85. The van der Waals surface area contributed by atoms with Crippen LogP contribution in [0.25, 0.3) is 0 Å². The predicted octanol–water partition coefficient (Wildman–Crippen LogP) is 6.15. The first kappa shape index (κ1) is 33.2. The number of sulfonamides is 1. The van der Waals surface area contributed by atoms with Crippen molar-refractivity contribution in [3.63, 3.8) is 0 Å². The Morgan fingerprint density at radius 1 is 0.886 bits per heavy atom. The van der Waals surface area contributed by atoms with E-state index in [0.29, 0.717) is 12.1 Å². The Morgan fingerprint density at radius 3 is 2.11 bits per heavy atom. The summed E-state index contributed by atoms with van der Waals surface area (Å²) in [5.41, 5.74) is 4.21. The molecule has 0 spiro atoms. The highest BCUT2D eigenvalue weighted by Crippen LogP contribution is 2.27. The Bertz CT molecular complexity index is 1510. The maximum Gasteiger partial charge on any atom is 0.244 e. The predicted molar refractivity (Wildman–Crippen MR) is 178 cm³/mol. The van der Waals surface area contributed by atoms with Crippen molar-refractivity contribution in [2.45, 2.75) is 90.3 Å². The number of anilines is 1. The van der Waals surface area contributed by atoms with Gasteiger partial charge in [0.15, 0.2) is 0 Å². The third kappa shape index (κ3) is 9.18. The lowest BCUT2D eigenvalue weighted by Crippen LogP contribution is -2.55. The van der Waals surface area contributed by atoms with Crippen LogP contribution in [0.2, 0.25) is 0 Å². The molecule has 1 fully saturated rings. The lowest BCUT2D eigenvalue weighted by Gasteiger charge is -2.35. The molecule has 0 aromatic heterocycles. The molecule has 0 saturated heterocycles. The molecule has 0 heterocycles. The fourth-order valence-corrected chi connectivity index (χ4v) is 6.70. The van der Waals surface area contributed by atoms with Crippen molar-refractivity contribution in [1.82, 2.24) is 10.2 Å². The average Bonchev–Trinajstić information content (AvgIpc) is 2.97. The van der Waals surface area contributed by atoms with Crippen LogP contribution in [0.1, 0.15) is 75.1 Å². The molecule has 8 heteroatoms. The summed E-state index contributed by atoms with van der Waals surface area (Å²) in [6.07, 6.45) is 6.56. The van der Waals surface area contributed by atoms with E-state index in [1.165, 1.54) is 0 Å². The molecule has 1 N–H and O–H groups in total. The van der Waals surface area contributed by atoms with Crippen LogP contribution in [-0.4, -0.2) is 50.0 Å². The minimum atomic E-state index is -3.82.